The van der Waals surface area contributed by atoms with Gasteiger partial charge in [0.15, 0.2) is 0 Å². The van der Waals surface area contributed by atoms with Crippen molar-refractivity contribution in [3.05, 3.63) is 53.6 Å². The lowest BCUT2D eigenvalue weighted by molar-refractivity contribution is 0.0693. The van der Waals surface area contributed by atoms with Crippen LogP contribution in [0.15, 0.2) is 42.5 Å². The first-order valence-corrected chi connectivity index (χ1v) is 9.13. The van der Waals surface area contributed by atoms with Crippen LogP contribution in [0.1, 0.15) is 61.9 Å². The molecule has 0 radical (unpaired) electrons. The van der Waals surface area contributed by atoms with E-state index in [1.165, 1.54) is 19.3 Å². The minimum absolute atomic E-state index is 0.0174. The van der Waals surface area contributed by atoms with E-state index in [0.29, 0.717) is 5.56 Å². The van der Waals surface area contributed by atoms with Gasteiger partial charge in [-0.1, -0.05) is 69.9 Å². The molecule has 0 saturated heterocycles. The van der Waals surface area contributed by atoms with Gasteiger partial charge in [0.25, 0.3) is 0 Å². The largest absolute Gasteiger partial charge is 0.506 e. The third-order valence-corrected chi connectivity index (χ3v) is 4.48. The summed E-state index contributed by atoms with van der Waals surface area (Å²) in [5, 5.41) is 19.7. The third-order valence-electron chi connectivity index (χ3n) is 4.48. The predicted octanol–water partition coefficient (Wildman–Crippen LogP) is 5.91. The van der Waals surface area contributed by atoms with Crippen LogP contribution in [0.3, 0.4) is 0 Å². The standard InChI is InChI=1S/C22H28O3/c1-16(2)10-6-3-4-7-11-17-14-19(18-12-8-5-9-13-18)21(23)20(15-17)22(24)25/h5,8-9,12-16,23H,3-4,6-7,10-11H2,1-2H3,(H,24,25). The van der Waals surface area contributed by atoms with E-state index in [-0.39, 0.29) is 11.3 Å². The van der Waals surface area contributed by atoms with Crippen molar-refractivity contribution in [2.24, 2.45) is 5.92 Å². The van der Waals surface area contributed by atoms with Gasteiger partial charge in [-0.3, -0.25) is 0 Å². The van der Waals surface area contributed by atoms with Crippen LogP contribution in [0.5, 0.6) is 5.75 Å². The fraction of sp³-hybridized carbons (Fsp3) is 0.409. The zero-order chi connectivity index (χ0) is 18.2. The van der Waals surface area contributed by atoms with E-state index >= 15 is 0 Å². The molecule has 3 nitrogen and oxygen atoms in total. The molecule has 0 spiro atoms. The fourth-order valence-corrected chi connectivity index (χ4v) is 3.07. The molecule has 0 atom stereocenters. The number of rotatable bonds is 9. The Morgan fingerprint density at radius 1 is 1.00 bits per heavy atom. The summed E-state index contributed by atoms with van der Waals surface area (Å²) < 4.78 is 0. The summed E-state index contributed by atoms with van der Waals surface area (Å²) in [5.74, 6) is -0.489. The number of benzene rings is 2. The predicted molar refractivity (Wildman–Crippen MR) is 102 cm³/mol. The van der Waals surface area contributed by atoms with Gasteiger partial charge in [-0.05, 0) is 42.0 Å². The lowest BCUT2D eigenvalue weighted by Gasteiger charge is -2.11. The maximum Gasteiger partial charge on any atom is 0.339 e. The molecule has 0 aromatic heterocycles. The normalized spacial score (nSPS) is 11.0. The van der Waals surface area contributed by atoms with E-state index in [1.807, 2.05) is 36.4 Å². The van der Waals surface area contributed by atoms with E-state index < -0.39 is 5.97 Å². The van der Waals surface area contributed by atoms with E-state index in [2.05, 4.69) is 13.8 Å². The van der Waals surface area contributed by atoms with Crippen molar-refractivity contribution in [2.45, 2.75) is 52.4 Å². The SMILES string of the molecule is CC(C)CCCCCCc1cc(C(=O)O)c(O)c(-c2ccccc2)c1. The summed E-state index contributed by atoms with van der Waals surface area (Å²) in [7, 11) is 0. The molecule has 3 heteroatoms. The Morgan fingerprint density at radius 2 is 1.68 bits per heavy atom. The van der Waals surface area contributed by atoms with E-state index in [0.717, 1.165) is 36.3 Å². The Morgan fingerprint density at radius 3 is 2.32 bits per heavy atom. The highest BCUT2D eigenvalue weighted by Gasteiger charge is 2.16. The Bertz CT molecular complexity index is 690. The number of aromatic hydroxyl groups is 1. The second-order valence-electron chi connectivity index (χ2n) is 7.06. The maximum absolute atomic E-state index is 11.5. The molecule has 2 aromatic rings. The van der Waals surface area contributed by atoms with Gasteiger partial charge in [-0.25, -0.2) is 4.79 Å². The molecule has 2 N–H and O–H groups in total. The minimum atomic E-state index is -1.09. The number of hydrogen-bond donors (Lipinski definition) is 2. The number of hydrogen-bond acceptors (Lipinski definition) is 2. The average Bonchev–Trinajstić information content (AvgIpc) is 2.59. The smallest absolute Gasteiger partial charge is 0.339 e. The van der Waals surface area contributed by atoms with Gasteiger partial charge in [-0.15, -0.1) is 0 Å². The first kappa shape index (κ1) is 19.0. The van der Waals surface area contributed by atoms with Gasteiger partial charge >= 0.3 is 5.97 Å². The molecule has 2 rings (SSSR count). The van der Waals surface area contributed by atoms with Crippen LogP contribution in [-0.2, 0) is 6.42 Å². The highest BCUT2D eigenvalue weighted by Crippen LogP contribution is 2.34. The number of carboxylic acids is 1. The van der Waals surface area contributed by atoms with Crippen molar-refractivity contribution in [3.63, 3.8) is 0 Å². The summed E-state index contributed by atoms with van der Waals surface area (Å²) >= 11 is 0. The van der Waals surface area contributed by atoms with Crippen molar-refractivity contribution >= 4 is 5.97 Å². The molecule has 134 valence electrons. The molecule has 0 saturated carbocycles. The van der Waals surface area contributed by atoms with Crippen LogP contribution in [0.2, 0.25) is 0 Å². The molecular formula is C22H28O3. The van der Waals surface area contributed by atoms with Gasteiger partial charge in [0.2, 0.25) is 0 Å². The lowest BCUT2D eigenvalue weighted by Crippen LogP contribution is -2.00. The van der Waals surface area contributed by atoms with Gasteiger partial charge in [0, 0.05) is 5.56 Å². The number of aromatic carboxylic acids is 1. The number of phenols is 1. The second-order valence-corrected chi connectivity index (χ2v) is 7.06. The van der Waals surface area contributed by atoms with Crippen LogP contribution < -0.4 is 0 Å². The van der Waals surface area contributed by atoms with Gasteiger partial charge < -0.3 is 10.2 Å². The number of carbonyl (C=O) groups is 1. The summed E-state index contributed by atoms with van der Waals surface area (Å²) in [4.78, 5) is 11.5. The Balaban J connectivity index is 2.10. The summed E-state index contributed by atoms with van der Waals surface area (Å²) in [6.45, 7) is 4.49. The summed E-state index contributed by atoms with van der Waals surface area (Å²) in [6.07, 6.45) is 6.76. The molecule has 25 heavy (non-hydrogen) atoms. The molecule has 0 heterocycles. The fourth-order valence-electron chi connectivity index (χ4n) is 3.07. The third kappa shape index (κ3) is 5.63. The number of aryl methyl sites for hydroxylation is 1. The number of unbranched alkanes of at least 4 members (excludes halogenated alkanes) is 3. The zero-order valence-corrected chi connectivity index (χ0v) is 15.2. The molecule has 0 aliphatic rings. The van der Waals surface area contributed by atoms with Crippen molar-refractivity contribution in [1.82, 2.24) is 0 Å². The average molecular weight is 340 g/mol. The zero-order valence-electron chi connectivity index (χ0n) is 15.2. The van der Waals surface area contributed by atoms with Crippen LogP contribution in [-0.4, -0.2) is 16.2 Å². The number of carboxylic acid groups (broad SMARTS) is 1. The van der Waals surface area contributed by atoms with E-state index in [9.17, 15) is 15.0 Å². The van der Waals surface area contributed by atoms with Crippen molar-refractivity contribution in [3.8, 4) is 16.9 Å². The topological polar surface area (TPSA) is 57.5 Å². The van der Waals surface area contributed by atoms with Crippen LogP contribution in [0.4, 0.5) is 0 Å². The highest BCUT2D eigenvalue weighted by molar-refractivity contribution is 5.94. The lowest BCUT2D eigenvalue weighted by atomic mass is 9.95. The molecular weight excluding hydrogens is 312 g/mol. The van der Waals surface area contributed by atoms with Gasteiger partial charge in [0.1, 0.15) is 11.3 Å². The van der Waals surface area contributed by atoms with Gasteiger partial charge in [-0.2, -0.15) is 0 Å². The first-order chi connectivity index (χ1) is 12.0. The quantitative estimate of drug-likeness (QED) is 0.558. The van der Waals surface area contributed by atoms with Crippen LogP contribution in [0, 0.1) is 5.92 Å². The van der Waals surface area contributed by atoms with Crippen LogP contribution >= 0.6 is 0 Å². The van der Waals surface area contributed by atoms with Gasteiger partial charge in [0.05, 0.1) is 0 Å². The molecule has 0 aliphatic carbocycles. The van der Waals surface area contributed by atoms with Crippen molar-refractivity contribution in [2.75, 3.05) is 0 Å². The summed E-state index contributed by atoms with van der Waals surface area (Å²) in [5.41, 5.74) is 2.38. The Labute approximate surface area is 150 Å². The maximum atomic E-state index is 11.5. The second kappa shape index (κ2) is 9.26. The monoisotopic (exact) mass is 340 g/mol. The van der Waals surface area contributed by atoms with Crippen LogP contribution in [0.25, 0.3) is 11.1 Å². The highest BCUT2D eigenvalue weighted by atomic mass is 16.4. The van der Waals surface area contributed by atoms with E-state index in [4.69, 9.17) is 0 Å². The van der Waals surface area contributed by atoms with Crippen molar-refractivity contribution < 1.29 is 15.0 Å². The first-order valence-electron chi connectivity index (χ1n) is 9.13. The molecule has 0 aliphatic heterocycles. The summed E-state index contributed by atoms with van der Waals surface area (Å²) in [6, 6.07) is 13.0. The Hall–Kier alpha value is -2.29. The molecule has 0 fully saturated rings. The molecule has 0 bridgehead atoms. The van der Waals surface area contributed by atoms with Crippen molar-refractivity contribution in [1.29, 1.82) is 0 Å². The minimum Gasteiger partial charge on any atom is -0.506 e. The van der Waals surface area contributed by atoms with E-state index in [1.54, 1.807) is 6.07 Å². The molecule has 0 unspecified atom stereocenters. The molecule has 0 amide bonds. The Kier molecular flexibility index (Phi) is 7.05. The molecule has 2 aromatic carbocycles.